The molecule has 2 aromatic heterocycles. The molecule has 0 spiro atoms. The Balaban J connectivity index is 1.81. The van der Waals surface area contributed by atoms with Crippen LogP contribution in [-0.2, 0) is 29.0 Å². The quantitative estimate of drug-likeness (QED) is 0.778. The van der Waals surface area contributed by atoms with E-state index in [4.69, 9.17) is 0 Å². The number of aromatic amines is 1. The molecule has 0 unspecified atom stereocenters. The van der Waals surface area contributed by atoms with Gasteiger partial charge in [0.1, 0.15) is 17.7 Å². The van der Waals surface area contributed by atoms with Gasteiger partial charge in [-0.2, -0.15) is 0 Å². The lowest BCUT2D eigenvalue weighted by Gasteiger charge is -2.33. The van der Waals surface area contributed by atoms with Crippen molar-refractivity contribution >= 4 is 17.6 Å². The first-order valence-corrected chi connectivity index (χ1v) is 8.92. The summed E-state index contributed by atoms with van der Waals surface area (Å²) in [6, 6.07) is -0.638. The zero-order valence-corrected chi connectivity index (χ0v) is 16.1. The van der Waals surface area contributed by atoms with Crippen LogP contribution in [0, 0.1) is 6.92 Å². The topological polar surface area (TPSA) is 107 Å². The summed E-state index contributed by atoms with van der Waals surface area (Å²) in [5, 5.41) is 2.76. The molecular weight excluding hydrogens is 346 g/mol. The lowest BCUT2D eigenvalue weighted by molar-refractivity contribution is -0.137. The third-order valence-corrected chi connectivity index (χ3v) is 4.54. The predicted molar refractivity (Wildman–Crippen MR) is 100 cm³/mol. The molecule has 0 aromatic carbocycles. The molecule has 2 amide bonds. The highest BCUT2D eigenvalue weighted by Gasteiger charge is 2.30. The molecular formula is C18H25N7O2. The largest absolute Gasteiger partial charge is 0.362 e. The molecule has 1 atom stereocenters. The highest BCUT2D eigenvalue weighted by atomic mass is 16.2. The summed E-state index contributed by atoms with van der Waals surface area (Å²) in [6.07, 6.45) is 4.27. The number of carbonyl (C=O) groups is 2. The maximum absolute atomic E-state index is 13.1. The van der Waals surface area contributed by atoms with Crippen LogP contribution in [-0.4, -0.2) is 63.3 Å². The van der Waals surface area contributed by atoms with Crippen molar-refractivity contribution in [1.82, 2.24) is 30.2 Å². The van der Waals surface area contributed by atoms with Crippen LogP contribution in [0.25, 0.3) is 0 Å². The van der Waals surface area contributed by atoms with Crippen molar-refractivity contribution in [2.24, 2.45) is 0 Å². The van der Waals surface area contributed by atoms with Crippen molar-refractivity contribution in [1.29, 1.82) is 0 Å². The number of imidazole rings is 1. The van der Waals surface area contributed by atoms with Gasteiger partial charge in [-0.25, -0.2) is 15.0 Å². The minimum absolute atomic E-state index is 0.117. The number of amides is 2. The van der Waals surface area contributed by atoms with Gasteiger partial charge in [0, 0.05) is 51.4 Å². The van der Waals surface area contributed by atoms with E-state index in [0.29, 0.717) is 31.8 Å². The number of nitrogens with zero attached hydrogens (tertiary/aromatic N) is 5. The number of hydrogen-bond donors (Lipinski definition) is 2. The Morgan fingerprint density at radius 1 is 1.37 bits per heavy atom. The van der Waals surface area contributed by atoms with Crippen molar-refractivity contribution in [3.05, 3.63) is 35.3 Å². The number of aromatic nitrogens is 4. The average molecular weight is 371 g/mol. The number of anilines is 1. The first kappa shape index (κ1) is 18.8. The molecule has 0 aliphatic carbocycles. The number of aryl methyl sites for hydroxylation is 1. The molecule has 0 fully saturated rings. The fourth-order valence-electron chi connectivity index (χ4n) is 3.37. The van der Waals surface area contributed by atoms with Gasteiger partial charge in [0.25, 0.3) is 0 Å². The van der Waals surface area contributed by atoms with E-state index in [2.05, 4.69) is 25.3 Å². The van der Waals surface area contributed by atoms with E-state index in [1.807, 2.05) is 25.9 Å². The van der Waals surface area contributed by atoms with Crippen LogP contribution in [0.15, 0.2) is 12.5 Å². The molecule has 2 N–H and O–H groups in total. The number of hydrogen-bond acceptors (Lipinski definition) is 6. The third-order valence-electron chi connectivity index (χ3n) is 4.54. The summed E-state index contributed by atoms with van der Waals surface area (Å²) in [5.74, 6) is 1.23. The Kier molecular flexibility index (Phi) is 5.38. The fourth-order valence-corrected chi connectivity index (χ4v) is 3.37. The maximum Gasteiger partial charge on any atom is 0.245 e. The second kappa shape index (κ2) is 7.73. The van der Waals surface area contributed by atoms with Crippen LogP contribution >= 0.6 is 0 Å². The molecule has 9 nitrogen and oxygen atoms in total. The van der Waals surface area contributed by atoms with Crippen molar-refractivity contribution in [2.45, 2.75) is 39.3 Å². The Bertz CT molecular complexity index is 832. The molecule has 3 rings (SSSR count). The lowest BCUT2D eigenvalue weighted by Crippen LogP contribution is -2.50. The fraction of sp³-hybridized carbons (Fsp3) is 0.500. The zero-order valence-electron chi connectivity index (χ0n) is 16.1. The maximum atomic E-state index is 13.1. The second-order valence-electron chi connectivity index (χ2n) is 6.96. The number of nitrogens with one attached hydrogen (secondary N) is 2. The minimum atomic E-state index is -0.638. The smallest absolute Gasteiger partial charge is 0.245 e. The van der Waals surface area contributed by atoms with Crippen LogP contribution in [0.3, 0.4) is 0 Å². The van der Waals surface area contributed by atoms with Crippen molar-refractivity contribution in [3.63, 3.8) is 0 Å². The van der Waals surface area contributed by atoms with Crippen LogP contribution < -0.4 is 10.2 Å². The van der Waals surface area contributed by atoms with Gasteiger partial charge in [0.15, 0.2) is 0 Å². The lowest BCUT2D eigenvalue weighted by atomic mass is 10.0. The van der Waals surface area contributed by atoms with E-state index in [1.54, 1.807) is 17.4 Å². The molecule has 1 aliphatic heterocycles. The van der Waals surface area contributed by atoms with Gasteiger partial charge >= 0.3 is 0 Å². The van der Waals surface area contributed by atoms with Crippen LogP contribution in [0.5, 0.6) is 0 Å². The molecule has 1 aliphatic rings. The van der Waals surface area contributed by atoms with Crippen LogP contribution in [0.4, 0.5) is 5.82 Å². The molecule has 27 heavy (non-hydrogen) atoms. The summed E-state index contributed by atoms with van der Waals surface area (Å²) >= 11 is 0. The zero-order chi connectivity index (χ0) is 19.6. The van der Waals surface area contributed by atoms with Crippen LogP contribution in [0.1, 0.15) is 29.7 Å². The number of rotatable bonds is 5. The van der Waals surface area contributed by atoms with Gasteiger partial charge < -0.3 is 20.1 Å². The van der Waals surface area contributed by atoms with Gasteiger partial charge in [-0.15, -0.1) is 0 Å². The SMILES string of the molecule is CC(=O)N[C@@H](Cc1cnc[nH]1)C(=O)N1CCc2c(nc(C)nc2N(C)C)C1. The average Bonchev–Trinajstić information content (AvgIpc) is 3.11. The number of H-pyrrole nitrogens is 1. The Hall–Kier alpha value is -2.97. The van der Waals surface area contributed by atoms with E-state index in [-0.39, 0.29) is 11.8 Å². The summed E-state index contributed by atoms with van der Waals surface area (Å²) in [5.41, 5.74) is 2.75. The highest BCUT2D eigenvalue weighted by molar-refractivity contribution is 5.87. The van der Waals surface area contributed by atoms with Gasteiger partial charge in [-0.1, -0.05) is 0 Å². The standard InChI is InChI=1S/C18H25N7O2/c1-11-21-16-9-25(6-5-14(16)17(22-11)24(3)4)18(27)15(23-12(2)26)7-13-8-19-10-20-13/h8,10,15H,5-7,9H2,1-4H3,(H,19,20)(H,23,26)/t15-/m0/s1. The van der Waals surface area contributed by atoms with Crippen molar-refractivity contribution < 1.29 is 9.59 Å². The van der Waals surface area contributed by atoms with Crippen molar-refractivity contribution in [2.75, 3.05) is 25.5 Å². The molecule has 2 aromatic rings. The molecule has 0 bridgehead atoms. The summed E-state index contributed by atoms with van der Waals surface area (Å²) in [6.45, 7) is 4.25. The van der Waals surface area contributed by atoms with Gasteiger partial charge in [0.05, 0.1) is 18.6 Å². The van der Waals surface area contributed by atoms with Crippen LogP contribution in [0.2, 0.25) is 0 Å². The molecule has 9 heteroatoms. The first-order chi connectivity index (χ1) is 12.8. The molecule has 0 saturated heterocycles. The highest BCUT2D eigenvalue weighted by Crippen LogP contribution is 2.25. The van der Waals surface area contributed by atoms with E-state index in [0.717, 1.165) is 22.8 Å². The van der Waals surface area contributed by atoms with Gasteiger partial charge in [0.2, 0.25) is 11.8 Å². The first-order valence-electron chi connectivity index (χ1n) is 8.92. The molecule has 144 valence electrons. The van der Waals surface area contributed by atoms with Crippen molar-refractivity contribution in [3.8, 4) is 0 Å². The summed E-state index contributed by atoms with van der Waals surface area (Å²) in [4.78, 5) is 44.5. The Morgan fingerprint density at radius 3 is 2.78 bits per heavy atom. The number of fused-ring (bicyclic) bond motifs is 1. The summed E-state index contributed by atoms with van der Waals surface area (Å²) in [7, 11) is 3.91. The minimum Gasteiger partial charge on any atom is -0.362 e. The van der Waals surface area contributed by atoms with Gasteiger partial charge in [-0.05, 0) is 13.3 Å². The molecule has 0 radical (unpaired) electrons. The van der Waals surface area contributed by atoms with E-state index >= 15 is 0 Å². The number of carbonyl (C=O) groups excluding carboxylic acids is 2. The van der Waals surface area contributed by atoms with E-state index in [1.165, 1.54) is 6.92 Å². The molecule has 0 saturated carbocycles. The second-order valence-corrected chi connectivity index (χ2v) is 6.96. The Labute approximate surface area is 158 Å². The predicted octanol–water partition coefficient (Wildman–Crippen LogP) is 0.206. The monoisotopic (exact) mass is 371 g/mol. The summed E-state index contributed by atoms with van der Waals surface area (Å²) < 4.78 is 0. The third kappa shape index (κ3) is 4.24. The van der Waals surface area contributed by atoms with E-state index < -0.39 is 6.04 Å². The normalized spacial score (nSPS) is 14.4. The van der Waals surface area contributed by atoms with E-state index in [9.17, 15) is 9.59 Å². The Morgan fingerprint density at radius 2 is 2.15 bits per heavy atom. The molecule has 3 heterocycles. The van der Waals surface area contributed by atoms with Gasteiger partial charge in [-0.3, -0.25) is 9.59 Å².